The number of aliphatic hydroxyl groups is 1. The summed E-state index contributed by atoms with van der Waals surface area (Å²) < 4.78 is 0. The summed E-state index contributed by atoms with van der Waals surface area (Å²) in [5, 5.41) is 8.99. The van der Waals surface area contributed by atoms with Crippen LogP contribution in [0.15, 0.2) is 0 Å². The maximum Gasteiger partial charge on any atom is 0.0524 e. The molecule has 0 aliphatic rings. The second-order valence-electron chi connectivity index (χ2n) is 2.93. The summed E-state index contributed by atoms with van der Waals surface area (Å²) in [7, 11) is 2.10. The summed E-state index contributed by atoms with van der Waals surface area (Å²) in [6.07, 6.45) is 2.83. The summed E-state index contributed by atoms with van der Waals surface area (Å²) in [6.45, 7) is 3.95. The van der Waals surface area contributed by atoms with Gasteiger partial charge in [-0.25, -0.2) is 0 Å². The Morgan fingerprint density at radius 3 is 2.55 bits per heavy atom. The molecule has 0 amide bonds. The van der Waals surface area contributed by atoms with Crippen molar-refractivity contribution < 1.29 is 5.11 Å². The fraction of sp³-hybridized carbons (Fsp3) is 1.00. The van der Waals surface area contributed by atoms with Crippen molar-refractivity contribution >= 4 is 11.8 Å². The SMILES string of the molecule is CSCCN(C)CCC(C)O. The molecule has 0 aromatic carbocycles. The van der Waals surface area contributed by atoms with Gasteiger partial charge < -0.3 is 10.0 Å². The fourth-order valence-corrected chi connectivity index (χ4v) is 1.26. The van der Waals surface area contributed by atoms with E-state index in [4.69, 9.17) is 5.11 Å². The number of aliphatic hydroxyl groups excluding tert-OH is 1. The normalized spacial score (nSPS) is 13.9. The molecule has 0 radical (unpaired) electrons. The van der Waals surface area contributed by atoms with Crippen LogP contribution in [0.2, 0.25) is 0 Å². The van der Waals surface area contributed by atoms with Crippen molar-refractivity contribution in [3.05, 3.63) is 0 Å². The van der Waals surface area contributed by atoms with Crippen molar-refractivity contribution in [2.75, 3.05) is 32.1 Å². The molecule has 0 saturated carbocycles. The van der Waals surface area contributed by atoms with Crippen molar-refractivity contribution in [3.63, 3.8) is 0 Å². The van der Waals surface area contributed by atoms with Crippen LogP contribution in [-0.4, -0.2) is 48.3 Å². The predicted octanol–water partition coefficient (Wildman–Crippen LogP) is 1.05. The number of thioether (sulfide) groups is 1. The van der Waals surface area contributed by atoms with Gasteiger partial charge in [-0.2, -0.15) is 11.8 Å². The lowest BCUT2D eigenvalue weighted by Gasteiger charge is -2.16. The molecule has 0 aliphatic carbocycles. The predicted molar refractivity (Wildman–Crippen MR) is 52.2 cm³/mol. The smallest absolute Gasteiger partial charge is 0.0524 e. The van der Waals surface area contributed by atoms with E-state index in [0.717, 1.165) is 19.5 Å². The minimum atomic E-state index is -0.160. The third-order valence-corrected chi connectivity index (χ3v) is 2.20. The van der Waals surface area contributed by atoms with Crippen molar-refractivity contribution in [3.8, 4) is 0 Å². The molecule has 0 bridgehead atoms. The molecule has 0 aliphatic heterocycles. The van der Waals surface area contributed by atoms with Gasteiger partial charge in [-0.1, -0.05) is 0 Å². The quantitative estimate of drug-likeness (QED) is 0.656. The molecule has 1 atom stereocenters. The van der Waals surface area contributed by atoms with Crippen LogP contribution in [0.4, 0.5) is 0 Å². The van der Waals surface area contributed by atoms with E-state index >= 15 is 0 Å². The Hall–Kier alpha value is 0.270. The van der Waals surface area contributed by atoms with Gasteiger partial charge >= 0.3 is 0 Å². The van der Waals surface area contributed by atoms with Gasteiger partial charge in [0.1, 0.15) is 0 Å². The molecule has 0 fully saturated rings. The highest BCUT2D eigenvalue weighted by Crippen LogP contribution is 1.96. The number of nitrogens with zero attached hydrogens (tertiary/aromatic N) is 1. The van der Waals surface area contributed by atoms with Crippen LogP contribution in [-0.2, 0) is 0 Å². The van der Waals surface area contributed by atoms with E-state index in [2.05, 4.69) is 18.2 Å². The van der Waals surface area contributed by atoms with Crippen LogP contribution in [0.3, 0.4) is 0 Å². The lowest BCUT2D eigenvalue weighted by molar-refractivity contribution is 0.166. The average Bonchev–Trinajstić information content (AvgIpc) is 1.97. The molecule has 0 rings (SSSR count). The maximum atomic E-state index is 8.99. The zero-order valence-electron chi connectivity index (χ0n) is 7.71. The zero-order valence-corrected chi connectivity index (χ0v) is 8.52. The van der Waals surface area contributed by atoms with Gasteiger partial charge in [-0.15, -0.1) is 0 Å². The first-order valence-corrected chi connectivity index (χ1v) is 5.41. The number of hydrogen-bond donors (Lipinski definition) is 1. The zero-order chi connectivity index (χ0) is 8.69. The van der Waals surface area contributed by atoms with Crippen LogP contribution in [0.25, 0.3) is 0 Å². The Morgan fingerprint density at radius 1 is 1.45 bits per heavy atom. The third kappa shape index (κ3) is 8.17. The molecule has 1 N–H and O–H groups in total. The highest BCUT2D eigenvalue weighted by molar-refractivity contribution is 7.98. The van der Waals surface area contributed by atoms with Gasteiger partial charge in [0.05, 0.1) is 6.10 Å². The molecule has 2 nitrogen and oxygen atoms in total. The Labute approximate surface area is 74.0 Å². The second-order valence-corrected chi connectivity index (χ2v) is 3.92. The van der Waals surface area contributed by atoms with Gasteiger partial charge in [-0.3, -0.25) is 0 Å². The molecular weight excluding hydrogens is 158 g/mol. The second kappa shape index (κ2) is 6.95. The summed E-state index contributed by atoms with van der Waals surface area (Å²) >= 11 is 1.86. The molecule has 3 heteroatoms. The molecule has 11 heavy (non-hydrogen) atoms. The highest BCUT2D eigenvalue weighted by atomic mass is 32.2. The van der Waals surface area contributed by atoms with E-state index in [1.165, 1.54) is 5.75 Å². The average molecular weight is 177 g/mol. The summed E-state index contributed by atoms with van der Waals surface area (Å²) in [5.74, 6) is 1.18. The standard InChI is InChI=1S/C8H19NOS/c1-8(10)4-5-9(2)6-7-11-3/h8,10H,4-7H2,1-3H3. The first kappa shape index (κ1) is 11.3. The molecule has 0 spiro atoms. The Morgan fingerprint density at radius 2 is 2.09 bits per heavy atom. The van der Waals surface area contributed by atoms with E-state index < -0.39 is 0 Å². The molecule has 0 heterocycles. The molecular formula is C8H19NOS. The topological polar surface area (TPSA) is 23.5 Å². The highest BCUT2D eigenvalue weighted by Gasteiger charge is 1.99. The van der Waals surface area contributed by atoms with Crippen molar-refractivity contribution in [1.29, 1.82) is 0 Å². The summed E-state index contributed by atoms with van der Waals surface area (Å²) in [5.41, 5.74) is 0. The van der Waals surface area contributed by atoms with Gasteiger partial charge in [0.2, 0.25) is 0 Å². The molecule has 0 aromatic rings. The van der Waals surface area contributed by atoms with Crippen molar-refractivity contribution in [1.82, 2.24) is 4.90 Å². The van der Waals surface area contributed by atoms with Gasteiger partial charge in [0, 0.05) is 18.8 Å². The Bertz CT molecular complexity index is 88.2. The van der Waals surface area contributed by atoms with Crippen LogP contribution in [0.1, 0.15) is 13.3 Å². The van der Waals surface area contributed by atoms with Crippen molar-refractivity contribution in [2.24, 2.45) is 0 Å². The van der Waals surface area contributed by atoms with Gasteiger partial charge in [0.25, 0.3) is 0 Å². The van der Waals surface area contributed by atoms with Crippen molar-refractivity contribution in [2.45, 2.75) is 19.4 Å². The summed E-state index contributed by atoms with van der Waals surface area (Å²) in [6, 6.07) is 0. The van der Waals surface area contributed by atoms with Crippen LogP contribution in [0.5, 0.6) is 0 Å². The fourth-order valence-electron chi connectivity index (χ4n) is 0.766. The van der Waals surface area contributed by atoms with Gasteiger partial charge in [-0.05, 0) is 26.6 Å². The van der Waals surface area contributed by atoms with E-state index in [9.17, 15) is 0 Å². The molecule has 0 saturated heterocycles. The van der Waals surface area contributed by atoms with E-state index in [-0.39, 0.29) is 6.10 Å². The first-order chi connectivity index (χ1) is 5.16. The van der Waals surface area contributed by atoms with Crippen LogP contribution >= 0.6 is 11.8 Å². The van der Waals surface area contributed by atoms with Crippen LogP contribution in [0, 0.1) is 0 Å². The minimum absolute atomic E-state index is 0.160. The number of hydrogen-bond acceptors (Lipinski definition) is 3. The van der Waals surface area contributed by atoms with E-state index in [0.29, 0.717) is 0 Å². The lowest BCUT2D eigenvalue weighted by Crippen LogP contribution is -2.24. The Balaban J connectivity index is 3.15. The van der Waals surface area contributed by atoms with E-state index in [1.807, 2.05) is 18.7 Å². The van der Waals surface area contributed by atoms with Crippen LogP contribution < -0.4 is 0 Å². The lowest BCUT2D eigenvalue weighted by atomic mass is 10.3. The first-order valence-electron chi connectivity index (χ1n) is 4.02. The minimum Gasteiger partial charge on any atom is -0.393 e. The maximum absolute atomic E-state index is 8.99. The largest absolute Gasteiger partial charge is 0.393 e. The van der Waals surface area contributed by atoms with E-state index in [1.54, 1.807) is 0 Å². The third-order valence-electron chi connectivity index (χ3n) is 1.61. The summed E-state index contributed by atoms with van der Waals surface area (Å²) in [4.78, 5) is 2.25. The monoisotopic (exact) mass is 177 g/mol. The molecule has 1 unspecified atom stereocenters. The Kier molecular flexibility index (Phi) is 7.12. The molecule has 0 aromatic heterocycles. The van der Waals surface area contributed by atoms with Gasteiger partial charge in [0.15, 0.2) is 0 Å². The number of rotatable bonds is 6. The molecule has 68 valence electrons.